The Morgan fingerprint density at radius 2 is 1.76 bits per heavy atom. The average molecular weight is 413 g/mol. The van der Waals surface area contributed by atoms with Crippen molar-refractivity contribution in [2.75, 3.05) is 13.2 Å². The maximum absolute atomic E-state index is 11.6. The van der Waals surface area contributed by atoms with Crippen LogP contribution in [0.2, 0.25) is 0 Å². The van der Waals surface area contributed by atoms with E-state index in [4.69, 9.17) is 9.47 Å². The summed E-state index contributed by atoms with van der Waals surface area (Å²) in [4.78, 5) is 27.6. The first-order chi connectivity index (χ1) is 14.1. The van der Waals surface area contributed by atoms with Crippen LogP contribution in [0.1, 0.15) is 37.4 Å². The van der Waals surface area contributed by atoms with Gasteiger partial charge >= 0.3 is 0 Å². The van der Waals surface area contributed by atoms with Crippen LogP contribution in [-0.2, 0) is 11.2 Å². The van der Waals surface area contributed by atoms with Crippen molar-refractivity contribution in [2.24, 2.45) is 0 Å². The highest BCUT2D eigenvalue weighted by atomic mass is 32.2. The Kier molecular flexibility index (Phi) is 7.69. The Balaban J connectivity index is 1.43. The lowest BCUT2D eigenvalue weighted by atomic mass is 10.2. The molecule has 0 atom stereocenters. The highest BCUT2D eigenvalue weighted by Crippen LogP contribution is 2.26. The number of nitrogens with one attached hydrogen (secondary N) is 1. The number of hydrogen-bond acceptors (Lipinski definition) is 6. The van der Waals surface area contributed by atoms with Gasteiger partial charge in [0.05, 0.1) is 24.3 Å². The van der Waals surface area contributed by atoms with Crippen LogP contribution in [0.3, 0.4) is 0 Å². The summed E-state index contributed by atoms with van der Waals surface area (Å²) in [7, 11) is 0. The second-order valence-electron chi connectivity index (χ2n) is 6.56. The SMILES string of the molecule is CCCCCOc1ccc(CCOc2ccc(C=C3SC(=O)NC3=O)cc2)nc1. The minimum absolute atomic E-state index is 0.342. The summed E-state index contributed by atoms with van der Waals surface area (Å²) in [5, 5.41) is 1.90. The molecule has 0 spiro atoms. The minimum atomic E-state index is -0.356. The second kappa shape index (κ2) is 10.7. The molecule has 1 aromatic carbocycles. The van der Waals surface area contributed by atoms with E-state index in [0.29, 0.717) is 17.9 Å². The molecule has 1 saturated heterocycles. The number of unbranched alkanes of at least 4 members (excludes halogenated alkanes) is 2. The molecule has 2 heterocycles. The highest BCUT2D eigenvalue weighted by Gasteiger charge is 2.24. The molecule has 1 aromatic heterocycles. The fourth-order valence-electron chi connectivity index (χ4n) is 2.69. The summed E-state index contributed by atoms with van der Waals surface area (Å²) in [6, 6.07) is 11.3. The standard InChI is InChI=1S/C22H24N2O4S/c1-2-3-4-12-27-19-10-7-17(23-15-19)11-13-28-18-8-5-16(6-9-18)14-20-21(25)24-22(26)29-20/h5-10,14-15H,2-4,11-13H2,1H3,(H,24,25,26). The van der Waals surface area contributed by atoms with Crippen LogP contribution in [-0.4, -0.2) is 29.3 Å². The molecular weight excluding hydrogens is 388 g/mol. The lowest BCUT2D eigenvalue weighted by Gasteiger charge is -2.08. The van der Waals surface area contributed by atoms with Crippen molar-refractivity contribution >= 4 is 29.0 Å². The van der Waals surface area contributed by atoms with Gasteiger partial charge < -0.3 is 9.47 Å². The van der Waals surface area contributed by atoms with E-state index >= 15 is 0 Å². The molecule has 1 aliphatic rings. The second-order valence-corrected chi connectivity index (χ2v) is 7.58. The molecule has 0 radical (unpaired) electrons. The average Bonchev–Trinajstić information content (AvgIpc) is 3.04. The molecule has 0 unspecified atom stereocenters. The van der Waals surface area contributed by atoms with E-state index in [2.05, 4.69) is 17.2 Å². The summed E-state index contributed by atoms with van der Waals surface area (Å²) in [6.45, 7) is 3.41. The monoisotopic (exact) mass is 412 g/mol. The van der Waals surface area contributed by atoms with E-state index in [1.807, 2.05) is 36.4 Å². The largest absolute Gasteiger partial charge is 0.493 e. The van der Waals surface area contributed by atoms with Crippen molar-refractivity contribution in [1.82, 2.24) is 10.3 Å². The van der Waals surface area contributed by atoms with Gasteiger partial charge in [-0.1, -0.05) is 31.9 Å². The van der Waals surface area contributed by atoms with Crippen LogP contribution >= 0.6 is 11.8 Å². The van der Waals surface area contributed by atoms with Gasteiger partial charge in [-0.25, -0.2) is 0 Å². The number of aromatic nitrogens is 1. The van der Waals surface area contributed by atoms with Crippen molar-refractivity contribution in [3.05, 3.63) is 58.8 Å². The molecule has 0 bridgehead atoms. The number of pyridine rings is 1. The predicted molar refractivity (Wildman–Crippen MR) is 114 cm³/mol. The Morgan fingerprint density at radius 1 is 1.00 bits per heavy atom. The van der Waals surface area contributed by atoms with Gasteiger partial charge in [-0.05, 0) is 54.1 Å². The number of amides is 2. The third kappa shape index (κ3) is 6.64. The van der Waals surface area contributed by atoms with Crippen molar-refractivity contribution < 1.29 is 19.1 Å². The molecule has 2 amide bonds. The van der Waals surface area contributed by atoms with E-state index < -0.39 is 0 Å². The Morgan fingerprint density at radius 3 is 2.41 bits per heavy atom. The smallest absolute Gasteiger partial charge is 0.290 e. The van der Waals surface area contributed by atoms with Crippen LogP contribution in [0.25, 0.3) is 6.08 Å². The Hall–Kier alpha value is -2.80. The number of ether oxygens (including phenoxy) is 2. The summed E-state index contributed by atoms with van der Waals surface area (Å²) in [6.07, 6.45) is 7.55. The number of hydrogen-bond donors (Lipinski definition) is 1. The molecule has 1 N–H and O–H groups in total. The van der Waals surface area contributed by atoms with E-state index in [-0.39, 0.29) is 11.1 Å². The first-order valence-electron chi connectivity index (χ1n) is 9.69. The van der Waals surface area contributed by atoms with E-state index in [1.54, 1.807) is 12.3 Å². The molecule has 6 nitrogen and oxygen atoms in total. The van der Waals surface area contributed by atoms with Gasteiger partial charge in [0.2, 0.25) is 0 Å². The summed E-state index contributed by atoms with van der Waals surface area (Å²) >= 11 is 0.906. The zero-order valence-corrected chi connectivity index (χ0v) is 17.2. The number of carbonyl (C=O) groups is 2. The third-order valence-corrected chi connectivity index (χ3v) is 5.07. The van der Waals surface area contributed by atoms with E-state index in [9.17, 15) is 9.59 Å². The van der Waals surface area contributed by atoms with Gasteiger partial charge in [-0.15, -0.1) is 0 Å². The van der Waals surface area contributed by atoms with Crippen molar-refractivity contribution in [3.8, 4) is 11.5 Å². The first-order valence-corrected chi connectivity index (χ1v) is 10.5. The molecule has 1 fully saturated rings. The summed E-state index contributed by atoms with van der Waals surface area (Å²) < 4.78 is 11.4. The van der Waals surface area contributed by atoms with E-state index in [1.165, 1.54) is 12.8 Å². The topological polar surface area (TPSA) is 77.5 Å². The number of carbonyl (C=O) groups excluding carboxylic acids is 2. The van der Waals surface area contributed by atoms with Crippen LogP contribution in [0, 0.1) is 0 Å². The molecule has 7 heteroatoms. The molecular formula is C22H24N2O4S. The number of thioether (sulfide) groups is 1. The number of rotatable bonds is 10. The van der Waals surface area contributed by atoms with Crippen LogP contribution in [0.4, 0.5) is 4.79 Å². The fraction of sp³-hybridized carbons (Fsp3) is 0.318. The van der Waals surface area contributed by atoms with Crippen molar-refractivity contribution in [1.29, 1.82) is 0 Å². The number of nitrogens with zero attached hydrogens (tertiary/aromatic N) is 1. The molecule has 0 aliphatic carbocycles. The molecule has 1 aliphatic heterocycles. The van der Waals surface area contributed by atoms with Gasteiger partial charge in [-0.2, -0.15) is 0 Å². The van der Waals surface area contributed by atoms with Gasteiger partial charge in [0.25, 0.3) is 11.1 Å². The van der Waals surface area contributed by atoms with Gasteiger partial charge in [0.1, 0.15) is 11.5 Å². The zero-order chi connectivity index (χ0) is 20.5. The number of imide groups is 1. The molecule has 29 heavy (non-hydrogen) atoms. The lowest BCUT2D eigenvalue weighted by molar-refractivity contribution is -0.115. The Labute approximate surface area is 174 Å². The molecule has 0 saturated carbocycles. The van der Waals surface area contributed by atoms with Crippen molar-refractivity contribution in [2.45, 2.75) is 32.6 Å². The quantitative estimate of drug-likeness (QED) is 0.454. The van der Waals surface area contributed by atoms with Gasteiger partial charge in [0.15, 0.2) is 0 Å². The molecule has 3 rings (SSSR count). The Bertz CT molecular complexity index is 863. The molecule has 2 aromatic rings. The van der Waals surface area contributed by atoms with Crippen molar-refractivity contribution in [3.63, 3.8) is 0 Å². The molecule has 152 valence electrons. The maximum atomic E-state index is 11.6. The normalized spacial score (nSPS) is 14.9. The first kappa shape index (κ1) is 20.9. The van der Waals surface area contributed by atoms with Gasteiger partial charge in [-0.3, -0.25) is 19.9 Å². The zero-order valence-electron chi connectivity index (χ0n) is 16.3. The van der Waals surface area contributed by atoms with Crippen LogP contribution < -0.4 is 14.8 Å². The summed E-state index contributed by atoms with van der Waals surface area (Å²) in [5.41, 5.74) is 1.78. The summed E-state index contributed by atoms with van der Waals surface area (Å²) in [5.74, 6) is 1.18. The van der Waals surface area contributed by atoms with Crippen LogP contribution in [0.5, 0.6) is 11.5 Å². The van der Waals surface area contributed by atoms with Crippen LogP contribution in [0.15, 0.2) is 47.5 Å². The maximum Gasteiger partial charge on any atom is 0.290 e. The number of benzene rings is 1. The fourth-order valence-corrected chi connectivity index (χ4v) is 3.37. The highest BCUT2D eigenvalue weighted by molar-refractivity contribution is 8.18. The predicted octanol–water partition coefficient (Wildman–Crippen LogP) is 4.60. The third-order valence-electron chi connectivity index (χ3n) is 4.26. The lowest BCUT2D eigenvalue weighted by Crippen LogP contribution is -2.17. The van der Waals surface area contributed by atoms with Gasteiger partial charge in [0, 0.05) is 12.1 Å². The van der Waals surface area contributed by atoms with E-state index in [0.717, 1.165) is 47.5 Å². The minimum Gasteiger partial charge on any atom is -0.493 e.